The minimum Gasteiger partial charge on any atom is -0.507 e. The third-order valence-corrected chi connectivity index (χ3v) is 5.71. The van der Waals surface area contributed by atoms with Crippen molar-refractivity contribution in [2.24, 2.45) is 0 Å². The van der Waals surface area contributed by atoms with Gasteiger partial charge < -0.3 is 19.5 Å². The highest BCUT2D eigenvalue weighted by Crippen LogP contribution is 2.40. The summed E-state index contributed by atoms with van der Waals surface area (Å²) in [4.78, 5) is 43.3. The van der Waals surface area contributed by atoms with Gasteiger partial charge in [0.05, 0.1) is 31.4 Å². The maximum absolute atomic E-state index is 14.3. The van der Waals surface area contributed by atoms with Crippen LogP contribution in [0.4, 0.5) is 4.39 Å². The predicted molar refractivity (Wildman–Crippen MR) is 123 cm³/mol. The molecule has 4 rings (SSSR count). The van der Waals surface area contributed by atoms with Crippen molar-refractivity contribution in [2.45, 2.75) is 12.6 Å². The number of esters is 1. The standard InChI is InChI=1S/C26H21FN2O6/c1-34-20-8-7-18(13-19(20)27)23(30)21-22(16-3-5-17(6-4-16)26(33)35-2)29(25(32)24(21)31)14-15-9-11-28-12-10-15/h3-13,22,30H,14H2,1-2H3. The monoisotopic (exact) mass is 476 g/mol. The fourth-order valence-corrected chi connectivity index (χ4v) is 3.96. The smallest absolute Gasteiger partial charge is 0.337 e. The number of hydrogen-bond donors (Lipinski definition) is 1. The van der Waals surface area contributed by atoms with Crippen LogP contribution < -0.4 is 4.74 Å². The predicted octanol–water partition coefficient (Wildman–Crippen LogP) is 3.64. The van der Waals surface area contributed by atoms with E-state index in [0.29, 0.717) is 11.1 Å². The van der Waals surface area contributed by atoms with Gasteiger partial charge in [-0.3, -0.25) is 14.6 Å². The number of likely N-dealkylation sites (tertiary alicyclic amines) is 1. The number of nitrogens with zero attached hydrogens (tertiary/aromatic N) is 2. The molecule has 35 heavy (non-hydrogen) atoms. The van der Waals surface area contributed by atoms with Crippen molar-refractivity contribution >= 4 is 23.4 Å². The van der Waals surface area contributed by atoms with E-state index in [0.717, 1.165) is 6.07 Å². The molecule has 1 N–H and O–H groups in total. The highest BCUT2D eigenvalue weighted by molar-refractivity contribution is 6.46. The van der Waals surface area contributed by atoms with Crippen LogP contribution in [0, 0.1) is 5.82 Å². The number of aromatic nitrogens is 1. The van der Waals surface area contributed by atoms with Gasteiger partial charge in [-0.05, 0) is 53.6 Å². The van der Waals surface area contributed by atoms with Crippen LogP contribution in [0.2, 0.25) is 0 Å². The largest absolute Gasteiger partial charge is 0.507 e. The van der Waals surface area contributed by atoms with Gasteiger partial charge in [0.2, 0.25) is 0 Å². The number of ketones is 1. The molecule has 0 bridgehead atoms. The number of Topliss-reactive ketones (excluding diaryl/α,β-unsaturated/α-hetero) is 1. The summed E-state index contributed by atoms with van der Waals surface area (Å²) in [5, 5.41) is 11.1. The van der Waals surface area contributed by atoms with Crippen molar-refractivity contribution in [3.05, 3.63) is 101 Å². The van der Waals surface area contributed by atoms with Crippen molar-refractivity contribution in [3.63, 3.8) is 0 Å². The molecule has 1 fully saturated rings. The number of carbonyl (C=O) groups excluding carboxylic acids is 3. The summed E-state index contributed by atoms with van der Waals surface area (Å²) < 4.78 is 24.0. The highest BCUT2D eigenvalue weighted by atomic mass is 19.1. The van der Waals surface area contributed by atoms with Gasteiger partial charge in [0.25, 0.3) is 11.7 Å². The Hall–Kier alpha value is -4.53. The first-order valence-electron chi connectivity index (χ1n) is 10.5. The van der Waals surface area contributed by atoms with Crippen molar-refractivity contribution in [1.82, 2.24) is 9.88 Å². The van der Waals surface area contributed by atoms with Gasteiger partial charge in [-0.25, -0.2) is 9.18 Å². The third kappa shape index (κ3) is 4.48. The second-order valence-corrected chi connectivity index (χ2v) is 7.75. The lowest BCUT2D eigenvalue weighted by Gasteiger charge is -2.25. The summed E-state index contributed by atoms with van der Waals surface area (Å²) in [6.45, 7) is 0.0598. The van der Waals surface area contributed by atoms with E-state index in [1.807, 2.05) is 0 Å². The highest BCUT2D eigenvalue weighted by Gasteiger charge is 2.46. The Morgan fingerprint density at radius 2 is 1.69 bits per heavy atom. The molecule has 1 aliphatic rings. The number of carbonyl (C=O) groups is 3. The number of ether oxygens (including phenoxy) is 2. The summed E-state index contributed by atoms with van der Waals surface area (Å²) in [5.41, 5.74) is 1.29. The SMILES string of the molecule is COC(=O)c1ccc(C2C(=C(O)c3ccc(OC)c(F)c3)C(=O)C(=O)N2Cc2ccncc2)cc1. The van der Waals surface area contributed by atoms with Gasteiger partial charge in [0, 0.05) is 24.5 Å². The number of hydrogen-bond acceptors (Lipinski definition) is 7. The van der Waals surface area contributed by atoms with E-state index in [1.165, 1.54) is 43.4 Å². The van der Waals surface area contributed by atoms with Gasteiger partial charge in [-0.1, -0.05) is 12.1 Å². The number of benzene rings is 2. The van der Waals surface area contributed by atoms with E-state index in [4.69, 9.17) is 9.47 Å². The fourth-order valence-electron chi connectivity index (χ4n) is 3.96. The lowest BCUT2D eigenvalue weighted by Crippen LogP contribution is -2.29. The lowest BCUT2D eigenvalue weighted by atomic mass is 9.94. The number of aliphatic hydroxyl groups is 1. The number of amides is 1. The molecule has 2 aromatic carbocycles. The lowest BCUT2D eigenvalue weighted by molar-refractivity contribution is -0.140. The minimum absolute atomic E-state index is 0.0152. The molecule has 178 valence electrons. The first-order chi connectivity index (χ1) is 16.8. The summed E-state index contributed by atoms with van der Waals surface area (Å²) in [6, 6.07) is 12.3. The van der Waals surface area contributed by atoms with E-state index >= 15 is 0 Å². The fraction of sp³-hybridized carbons (Fsp3) is 0.154. The Bertz CT molecular complexity index is 1320. The maximum Gasteiger partial charge on any atom is 0.337 e. The molecule has 1 atom stereocenters. The number of aliphatic hydroxyl groups excluding tert-OH is 1. The molecular weight excluding hydrogens is 455 g/mol. The average molecular weight is 476 g/mol. The molecule has 8 nitrogen and oxygen atoms in total. The Morgan fingerprint density at radius 3 is 2.29 bits per heavy atom. The van der Waals surface area contributed by atoms with Gasteiger partial charge in [-0.15, -0.1) is 0 Å². The second-order valence-electron chi connectivity index (χ2n) is 7.75. The molecule has 0 spiro atoms. The quantitative estimate of drug-likeness (QED) is 0.251. The summed E-state index contributed by atoms with van der Waals surface area (Å²) in [5.74, 6) is -3.56. The van der Waals surface area contributed by atoms with E-state index in [9.17, 15) is 23.9 Å². The van der Waals surface area contributed by atoms with Crippen molar-refractivity contribution in [2.75, 3.05) is 14.2 Å². The normalized spacial score (nSPS) is 16.9. The van der Waals surface area contributed by atoms with Gasteiger partial charge in [-0.2, -0.15) is 0 Å². The van der Waals surface area contributed by atoms with Crippen molar-refractivity contribution < 1.29 is 33.4 Å². The van der Waals surface area contributed by atoms with E-state index in [1.54, 1.807) is 36.7 Å². The molecule has 1 saturated heterocycles. The summed E-state index contributed by atoms with van der Waals surface area (Å²) >= 11 is 0. The molecule has 1 amide bonds. The molecule has 2 heterocycles. The van der Waals surface area contributed by atoms with E-state index in [-0.39, 0.29) is 29.0 Å². The Kier molecular flexibility index (Phi) is 6.59. The number of halogens is 1. The van der Waals surface area contributed by atoms with Crippen LogP contribution >= 0.6 is 0 Å². The van der Waals surface area contributed by atoms with Crippen LogP contribution in [0.15, 0.2) is 72.6 Å². The minimum atomic E-state index is -0.986. The second kappa shape index (κ2) is 9.76. The molecule has 9 heteroatoms. The molecule has 1 aliphatic heterocycles. The molecular formula is C26H21FN2O6. The van der Waals surface area contributed by atoms with Gasteiger partial charge >= 0.3 is 5.97 Å². The molecule has 3 aromatic rings. The summed E-state index contributed by atoms with van der Waals surface area (Å²) in [6.07, 6.45) is 3.12. The molecule has 0 aliphatic carbocycles. The van der Waals surface area contributed by atoms with Crippen molar-refractivity contribution in [1.29, 1.82) is 0 Å². The molecule has 0 saturated carbocycles. The van der Waals surface area contributed by atoms with Crippen LogP contribution in [0.1, 0.15) is 33.1 Å². The molecule has 1 unspecified atom stereocenters. The van der Waals surface area contributed by atoms with Gasteiger partial charge in [0.1, 0.15) is 5.76 Å². The van der Waals surface area contributed by atoms with Crippen LogP contribution in [0.3, 0.4) is 0 Å². The molecule has 1 aromatic heterocycles. The van der Waals surface area contributed by atoms with Crippen LogP contribution in [0.5, 0.6) is 5.75 Å². The Balaban J connectivity index is 1.85. The van der Waals surface area contributed by atoms with Crippen LogP contribution in [0.25, 0.3) is 5.76 Å². The number of methoxy groups -OCH3 is 2. The zero-order valence-corrected chi connectivity index (χ0v) is 18.9. The number of rotatable bonds is 6. The van der Waals surface area contributed by atoms with E-state index < -0.39 is 35.3 Å². The zero-order chi connectivity index (χ0) is 25.1. The Labute approximate surface area is 200 Å². The zero-order valence-electron chi connectivity index (χ0n) is 18.9. The first kappa shape index (κ1) is 23.6. The maximum atomic E-state index is 14.3. The first-order valence-corrected chi connectivity index (χ1v) is 10.5. The summed E-state index contributed by atoms with van der Waals surface area (Å²) in [7, 11) is 2.56. The van der Waals surface area contributed by atoms with E-state index in [2.05, 4.69) is 4.98 Å². The topological polar surface area (TPSA) is 106 Å². The van der Waals surface area contributed by atoms with Crippen LogP contribution in [-0.2, 0) is 20.9 Å². The third-order valence-electron chi connectivity index (χ3n) is 5.71. The Morgan fingerprint density at radius 1 is 1.03 bits per heavy atom. The van der Waals surface area contributed by atoms with Crippen molar-refractivity contribution in [3.8, 4) is 5.75 Å². The van der Waals surface area contributed by atoms with Crippen LogP contribution in [-0.4, -0.2) is 46.9 Å². The average Bonchev–Trinajstić information content (AvgIpc) is 3.13. The number of pyridine rings is 1. The van der Waals surface area contributed by atoms with Gasteiger partial charge in [0.15, 0.2) is 11.6 Å². The molecule has 0 radical (unpaired) electrons.